The second-order valence-electron chi connectivity index (χ2n) is 8.69. The van der Waals surface area contributed by atoms with E-state index in [0.717, 1.165) is 16.5 Å². The van der Waals surface area contributed by atoms with Gasteiger partial charge in [0.25, 0.3) is 5.91 Å². The monoisotopic (exact) mass is 465 g/mol. The van der Waals surface area contributed by atoms with Crippen LogP contribution in [0.3, 0.4) is 0 Å². The Bertz CT molecular complexity index is 1250. The lowest BCUT2D eigenvalue weighted by atomic mass is 9.98. The zero-order chi connectivity index (χ0) is 25.0. The maximum Gasteiger partial charge on any atom is 0.340 e. The van der Waals surface area contributed by atoms with Gasteiger partial charge in [0.1, 0.15) is 17.4 Å². The van der Waals surface area contributed by atoms with Crippen molar-refractivity contribution in [1.82, 2.24) is 5.32 Å². The summed E-state index contributed by atoms with van der Waals surface area (Å²) in [5.41, 5.74) is 3.06. The van der Waals surface area contributed by atoms with E-state index < -0.39 is 29.6 Å². The number of amides is 1. The number of carboxylic acids is 1. The molecule has 0 aliphatic rings. The zero-order valence-corrected chi connectivity index (χ0v) is 20.2. The van der Waals surface area contributed by atoms with Gasteiger partial charge in [0.2, 0.25) is 0 Å². The molecule has 3 atom stereocenters. The van der Waals surface area contributed by atoms with Gasteiger partial charge in [-0.2, -0.15) is 0 Å². The van der Waals surface area contributed by atoms with E-state index >= 15 is 0 Å². The van der Waals surface area contributed by atoms with E-state index in [1.807, 2.05) is 50.2 Å². The van der Waals surface area contributed by atoms with Gasteiger partial charge in [0.05, 0.1) is 0 Å². The quantitative estimate of drug-likeness (QED) is 0.454. The fourth-order valence-corrected chi connectivity index (χ4v) is 3.90. The molecule has 180 valence electrons. The first-order valence-electron chi connectivity index (χ1n) is 11.4. The number of hydrogen-bond donors (Lipinski definition) is 2. The number of hydrogen-bond acceptors (Lipinski definition) is 5. The summed E-state index contributed by atoms with van der Waals surface area (Å²) in [5, 5.41) is 12.8. The molecule has 0 radical (unpaired) electrons. The fourth-order valence-electron chi connectivity index (χ4n) is 3.90. The highest BCUT2D eigenvalue weighted by atomic mass is 16.5. The summed E-state index contributed by atoms with van der Waals surface area (Å²) in [6.45, 7) is 8.86. The molecule has 1 aromatic heterocycles. The Morgan fingerprint density at radius 3 is 2.35 bits per heavy atom. The van der Waals surface area contributed by atoms with E-state index in [1.165, 1.54) is 0 Å². The predicted octanol–water partition coefficient (Wildman–Crippen LogP) is 4.38. The van der Waals surface area contributed by atoms with Crippen molar-refractivity contribution in [3.63, 3.8) is 0 Å². The maximum atomic E-state index is 12.8. The molecule has 3 aromatic rings. The minimum absolute atomic E-state index is 0.224. The average molecular weight is 466 g/mol. The van der Waals surface area contributed by atoms with Gasteiger partial charge in [-0.3, -0.25) is 4.79 Å². The van der Waals surface area contributed by atoms with Crippen molar-refractivity contribution in [2.75, 3.05) is 0 Å². The number of aryl methyl sites for hydroxylation is 2. The molecule has 0 fully saturated rings. The summed E-state index contributed by atoms with van der Waals surface area (Å²) in [4.78, 5) is 36.9. The molecule has 0 saturated carbocycles. The number of carbonyl (C=O) groups is 2. The number of carbonyl (C=O) groups excluding carboxylic acids is 1. The molecule has 0 unspecified atom stereocenters. The predicted molar refractivity (Wildman–Crippen MR) is 130 cm³/mol. The van der Waals surface area contributed by atoms with Crippen LogP contribution < -0.4 is 15.7 Å². The number of nitrogens with one attached hydrogen (secondary N) is 1. The van der Waals surface area contributed by atoms with Gasteiger partial charge in [-0.25, -0.2) is 9.59 Å². The van der Waals surface area contributed by atoms with Crippen LogP contribution in [-0.4, -0.2) is 29.1 Å². The molecule has 0 bridgehead atoms. The fraction of sp³-hybridized carbons (Fsp3) is 0.370. The first kappa shape index (κ1) is 25.0. The largest absolute Gasteiger partial charge is 0.480 e. The number of benzene rings is 2. The maximum absolute atomic E-state index is 12.8. The third-order valence-electron chi connectivity index (χ3n) is 6.33. The van der Waals surface area contributed by atoms with Crippen LogP contribution in [0.4, 0.5) is 0 Å². The third-order valence-corrected chi connectivity index (χ3v) is 6.33. The second-order valence-corrected chi connectivity index (χ2v) is 8.69. The molecule has 1 amide bonds. The molecule has 2 aromatic carbocycles. The first-order chi connectivity index (χ1) is 16.1. The van der Waals surface area contributed by atoms with Crippen LogP contribution in [0.1, 0.15) is 49.4 Å². The number of aliphatic carboxylic acids is 1. The van der Waals surface area contributed by atoms with Crippen LogP contribution in [0.5, 0.6) is 5.75 Å². The third kappa shape index (κ3) is 5.30. The average Bonchev–Trinajstić information content (AvgIpc) is 2.82. The van der Waals surface area contributed by atoms with Crippen molar-refractivity contribution < 1.29 is 23.8 Å². The van der Waals surface area contributed by atoms with Crippen molar-refractivity contribution in [1.29, 1.82) is 0 Å². The highest BCUT2D eigenvalue weighted by Crippen LogP contribution is 2.30. The van der Waals surface area contributed by atoms with E-state index in [2.05, 4.69) is 5.32 Å². The lowest BCUT2D eigenvalue weighted by Gasteiger charge is -2.23. The van der Waals surface area contributed by atoms with E-state index in [9.17, 15) is 19.5 Å². The number of ether oxygens (including phenoxy) is 1. The smallest absolute Gasteiger partial charge is 0.340 e. The van der Waals surface area contributed by atoms with Crippen LogP contribution in [-0.2, 0) is 16.0 Å². The van der Waals surface area contributed by atoms with E-state index in [1.54, 1.807) is 26.8 Å². The Hall–Kier alpha value is -3.61. The first-order valence-corrected chi connectivity index (χ1v) is 11.4. The molecular formula is C27H31NO6. The summed E-state index contributed by atoms with van der Waals surface area (Å²) in [6, 6.07) is 12.3. The van der Waals surface area contributed by atoms with Crippen LogP contribution in [0, 0.1) is 19.8 Å². The van der Waals surface area contributed by atoms with E-state index in [0.29, 0.717) is 35.3 Å². The molecule has 0 aliphatic heterocycles. The highest BCUT2D eigenvalue weighted by Gasteiger charge is 2.28. The Labute approximate surface area is 198 Å². The highest BCUT2D eigenvalue weighted by molar-refractivity contribution is 5.88. The van der Waals surface area contributed by atoms with Gasteiger partial charge in [-0.05, 0) is 49.9 Å². The lowest BCUT2D eigenvalue weighted by Crippen LogP contribution is -2.49. The molecule has 0 spiro atoms. The molecule has 34 heavy (non-hydrogen) atoms. The molecule has 7 nitrogen and oxygen atoms in total. The van der Waals surface area contributed by atoms with Crippen LogP contribution in [0.15, 0.2) is 51.7 Å². The van der Waals surface area contributed by atoms with Crippen LogP contribution in [0.2, 0.25) is 0 Å². The van der Waals surface area contributed by atoms with Crippen molar-refractivity contribution in [3.8, 4) is 5.75 Å². The molecule has 1 heterocycles. The Morgan fingerprint density at radius 2 is 1.74 bits per heavy atom. The zero-order valence-electron chi connectivity index (χ0n) is 20.2. The van der Waals surface area contributed by atoms with Gasteiger partial charge in [0, 0.05) is 22.9 Å². The Balaban J connectivity index is 1.86. The summed E-state index contributed by atoms with van der Waals surface area (Å²) in [7, 11) is 0. The van der Waals surface area contributed by atoms with Gasteiger partial charge in [0.15, 0.2) is 6.10 Å². The summed E-state index contributed by atoms with van der Waals surface area (Å²) in [5.74, 6) is -1.44. The molecule has 0 saturated heterocycles. The van der Waals surface area contributed by atoms with Gasteiger partial charge in [-0.15, -0.1) is 0 Å². The molecule has 3 rings (SSSR count). The number of carboxylic acid groups (broad SMARTS) is 1. The molecule has 0 aliphatic carbocycles. The molecule has 2 N–H and O–H groups in total. The summed E-state index contributed by atoms with van der Waals surface area (Å²) < 4.78 is 11.5. The number of fused-ring (bicyclic) bond motifs is 1. The van der Waals surface area contributed by atoms with Crippen molar-refractivity contribution in [2.45, 2.75) is 59.6 Å². The normalized spacial score (nSPS) is 13.8. The van der Waals surface area contributed by atoms with Crippen molar-refractivity contribution in [3.05, 3.63) is 75.1 Å². The van der Waals surface area contributed by atoms with Crippen LogP contribution >= 0.6 is 0 Å². The van der Waals surface area contributed by atoms with Gasteiger partial charge in [-0.1, -0.05) is 50.6 Å². The Kier molecular flexibility index (Phi) is 7.76. The van der Waals surface area contributed by atoms with Crippen molar-refractivity contribution in [2.24, 2.45) is 5.92 Å². The van der Waals surface area contributed by atoms with Gasteiger partial charge < -0.3 is 19.6 Å². The SMILES string of the molecule is CC[C@@H](C)[C@H](NC(=O)[C@H](C)Oc1ccc2c(C)c(Cc3ccccc3)c(=O)oc2c1C)C(=O)O. The minimum atomic E-state index is -1.08. The Morgan fingerprint density at radius 1 is 1.06 bits per heavy atom. The van der Waals surface area contributed by atoms with E-state index in [4.69, 9.17) is 9.15 Å². The van der Waals surface area contributed by atoms with E-state index in [-0.39, 0.29) is 5.92 Å². The summed E-state index contributed by atoms with van der Waals surface area (Å²) >= 11 is 0. The molecular weight excluding hydrogens is 434 g/mol. The number of rotatable bonds is 9. The lowest BCUT2D eigenvalue weighted by molar-refractivity contribution is -0.144. The standard InChI is InChI=1S/C27H31NO6/c1-6-15(2)23(26(30)31)28-25(29)18(5)33-22-13-12-20-16(3)21(14-19-10-8-7-9-11-19)27(32)34-24(20)17(22)4/h7-13,15,18,23H,6,14H2,1-5H3,(H,28,29)(H,30,31)/t15-,18+,23+/m1/s1. The summed E-state index contributed by atoms with van der Waals surface area (Å²) in [6.07, 6.45) is 0.147. The topological polar surface area (TPSA) is 106 Å². The molecule has 7 heteroatoms. The van der Waals surface area contributed by atoms with Crippen LogP contribution in [0.25, 0.3) is 11.0 Å². The minimum Gasteiger partial charge on any atom is -0.480 e. The second kappa shape index (κ2) is 10.5. The van der Waals surface area contributed by atoms with Crippen molar-refractivity contribution >= 4 is 22.8 Å². The van der Waals surface area contributed by atoms with Gasteiger partial charge >= 0.3 is 11.6 Å².